The molecule has 0 bridgehead atoms. The van der Waals surface area contributed by atoms with E-state index < -0.39 is 0 Å². The minimum atomic E-state index is 0.675. The highest BCUT2D eigenvalue weighted by atomic mass is 16.5. The monoisotopic (exact) mass is 121 g/mol. The molecule has 3 heteroatoms. The van der Waals surface area contributed by atoms with Gasteiger partial charge in [-0.3, -0.25) is 0 Å². The van der Waals surface area contributed by atoms with Gasteiger partial charge in [-0.2, -0.15) is 0 Å². The lowest BCUT2D eigenvalue weighted by molar-refractivity contribution is 0.341. The third-order valence-electron chi connectivity index (χ3n) is 1.32. The predicted molar refractivity (Wildman–Crippen MR) is 30.1 cm³/mol. The highest BCUT2D eigenvalue weighted by Crippen LogP contribution is 2.18. The summed E-state index contributed by atoms with van der Waals surface area (Å²) in [7, 11) is 0. The average molecular weight is 121 g/mol. The van der Waals surface area contributed by atoms with Crippen LogP contribution in [0.5, 0.6) is 5.88 Å². The smallest absolute Gasteiger partial charge is 0.236 e. The zero-order valence-electron chi connectivity index (χ0n) is 4.79. The highest BCUT2D eigenvalue weighted by Gasteiger charge is 2.11. The van der Waals surface area contributed by atoms with Gasteiger partial charge in [0.15, 0.2) is 0 Å². The Kier molecular flexibility index (Phi) is 0.886. The van der Waals surface area contributed by atoms with E-state index in [-0.39, 0.29) is 0 Å². The molecule has 1 aromatic rings. The summed E-state index contributed by atoms with van der Waals surface area (Å²) in [5.41, 5.74) is 1.12. The predicted octanol–water partition coefficient (Wildman–Crippen LogP) is 0.212. The maximum absolute atomic E-state index is 5.10. The van der Waals surface area contributed by atoms with Crippen molar-refractivity contribution >= 4 is 0 Å². The van der Waals surface area contributed by atoms with Crippen molar-refractivity contribution in [1.29, 1.82) is 0 Å². The van der Waals surface area contributed by atoms with Crippen LogP contribution in [0.1, 0.15) is 5.56 Å². The summed E-state index contributed by atoms with van der Waals surface area (Å²) in [4.78, 5) is 0. The van der Waals surface area contributed by atoms with Crippen LogP contribution >= 0.6 is 0 Å². The quantitative estimate of drug-likeness (QED) is 0.492. The SMILES string of the molecule is [c]1cc2c(nn1)OCC2. The molecule has 2 rings (SSSR count). The summed E-state index contributed by atoms with van der Waals surface area (Å²) in [6.45, 7) is 0.738. The zero-order chi connectivity index (χ0) is 6.10. The molecule has 0 unspecified atom stereocenters. The lowest BCUT2D eigenvalue weighted by atomic mass is 10.2. The van der Waals surface area contributed by atoms with E-state index in [9.17, 15) is 0 Å². The Balaban J connectivity index is 2.54. The molecule has 45 valence electrons. The lowest BCUT2D eigenvalue weighted by Gasteiger charge is -1.90. The van der Waals surface area contributed by atoms with Crippen molar-refractivity contribution in [2.24, 2.45) is 0 Å². The van der Waals surface area contributed by atoms with Crippen LogP contribution < -0.4 is 4.74 Å². The number of fused-ring (bicyclic) bond motifs is 1. The number of ether oxygens (including phenoxy) is 1. The third-order valence-corrected chi connectivity index (χ3v) is 1.32. The van der Waals surface area contributed by atoms with Gasteiger partial charge < -0.3 is 4.74 Å². The second kappa shape index (κ2) is 1.69. The lowest BCUT2D eigenvalue weighted by Crippen LogP contribution is -1.88. The third kappa shape index (κ3) is 0.650. The van der Waals surface area contributed by atoms with Gasteiger partial charge in [0.25, 0.3) is 0 Å². The molecule has 9 heavy (non-hydrogen) atoms. The Bertz CT molecular complexity index is 201. The van der Waals surface area contributed by atoms with Crippen LogP contribution in [-0.2, 0) is 6.42 Å². The molecule has 0 spiro atoms. The summed E-state index contributed by atoms with van der Waals surface area (Å²) in [5, 5.41) is 7.29. The molecule has 1 radical (unpaired) electrons. The first-order valence-electron chi connectivity index (χ1n) is 2.82. The minimum absolute atomic E-state index is 0.675. The van der Waals surface area contributed by atoms with E-state index in [1.165, 1.54) is 0 Å². The molecule has 0 atom stereocenters. The van der Waals surface area contributed by atoms with Crippen molar-refractivity contribution in [3.63, 3.8) is 0 Å². The van der Waals surface area contributed by atoms with Gasteiger partial charge in [0.05, 0.1) is 6.61 Å². The van der Waals surface area contributed by atoms with Gasteiger partial charge in [-0.15, -0.1) is 10.2 Å². The number of hydrogen-bond donors (Lipinski definition) is 0. The summed E-state index contributed by atoms with van der Waals surface area (Å²) < 4.78 is 5.10. The molecule has 0 saturated heterocycles. The summed E-state index contributed by atoms with van der Waals surface area (Å²) >= 11 is 0. The first-order chi connectivity index (χ1) is 4.47. The first kappa shape index (κ1) is 4.73. The van der Waals surface area contributed by atoms with Gasteiger partial charge in [-0.1, -0.05) is 0 Å². The molecule has 1 aliphatic heterocycles. The van der Waals surface area contributed by atoms with E-state index in [1.807, 2.05) is 6.07 Å². The van der Waals surface area contributed by atoms with E-state index in [0.717, 1.165) is 18.6 Å². The van der Waals surface area contributed by atoms with Crippen molar-refractivity contribution < 1.29 is 4.74 Å². The number of nitrogens with zero attached hydrogens (tertiary/aromatic N) is 2. The van der Waals surface area contributed by atoms with Crippen LogP contribution in [-0.4, -0.2) is 16.8 Å². The molecule has 1 aliphatic rings. The summed E-state index contributed by atoms with van der Waals surface area (Å²) in [6, 6.07) is 1.81. The summed E-state index contributed by atoms with van der Waals surface area (Å²) in [6.07, 6.45) is 3.60. The molecule has 3 nitrogen and oxygen atoms in total. The molecular weight excluding hydrogens is 116 g/mol. The van der Waals surface area contributed by atoms with Gasteiger partial charge in [0, 0.05) is 12.0 Å². The van der Waals surface area contributed by atoms with Gasteiger partial charge in [0.1, 0.15) is 6.20 Å². The Morgan fingerprint density at radius 1 is 1.67 bits per heavy atom. The molecule has 1 aromatic heterocycles. The molecule has 0 fully saturated rings. The molecule has 0 saturated carbocycles. The topological polar surface area (TPSA) is 35.0 Å². The molecule has 2 heterocycles. The van der Waals surface area contributed by atoms with Gasteiger partial charge >= 0.3 is 0 Å². The van der Waals surface area contributed by atoms with Crippen LogP contribution in [0.2, 0.25) is 0 Å². The highest BCUT2D eigenvalue weighted by molar-refractivity contribution is 5.26. The van der Waals surface area contributed by atoms with E-state index in [4.69, 9.17) is 4.74 Å². The second-order valence-corrected chi connectivity index (χ2v) is 1.90. The number of hydrogen-bond acceptors (Lipinski definition) is 3. The number of rotatable bonds is 0. The first-order valence-corrected chi connectivity index (χ1v) is 2.82. The normalized spacial score (nSPS) is 14.7. The van der Waals surface area contributed by atoms with Crippen molar-refractivity contribution in [1.82, 2.24) is 10.2 Å². The Labute approximate surface area is 52.7 Å². The fourth-order valence-corrected chi connectivity index (χ4v) is 0.865. The van der Waals surface area contributed by atoms with Gasteiger partial charge in [-0.25, -0.2) is 0 Å². The zero-order valence-corrected chi connectivity index (χ0v) is 4.79. The Morgan fingerprint density at radius 3 is 3.56 bits per heavy atom. The minimum Gasteiger partial charge on any atom is -0.476 e. The van der Waals surface area contributed by atoms with Crippen LogP contribution in [0.25, 0.3) is 0 Å². The maximum atomic E-state index is 5.10. The van der Waals surface area contributed by atoms with Crippen LogP contribution in [0, 0.1) is 6.20 Å². The number of aromatic nitrogens is 2. The van der Waals surface area contributed by atoms with Crippen molar-refractivity contribution in [3.05, 3.63) is 17.8 Å². The van der Waals surface area contributed by atoms with Gasteiger partial charge in [0.2, 0.25) is 5.88 Å². The van der Waals surface area contributed by atoms with Crippen molar-refractivity contribution in [2.75, 3.05) is 6.61 Å². The average Bonchev–Trinajstić information content (AvgIpc) is 2.33. The fraction of sp³-hybridized carbons (Fsp3) is 0.333. The van der Waals surface area contributed by atoms with Crippen molar-refractivity contribution in [3.8, 4) is 5.88 Å². The molecule has 0 aromatic carbocycles. The molecule has 0 aliphatic carbocycles. The maximum Gasteiger partial charge on any atom is 0.236 e. The van der Waals surface area contributed by atoms with Crippen molar-refractivity contribution in [2.45, 2.75) is 6.42 Å². The second-order valence-electron chi connectivity index (χ2n) is 1.90. The van der Waals surface area contributed by atoms with Crippen LogP contribution in [0.4, 0.5) is 0 Å². The van der Waals surface area contributed by atoms with Crippen LogP contribution in [0.3, 0.4) is 0 Å². The molecule has 0 N–H and O–H groups in total. The molecule has 0 amide bonds. The fourth-order valence-electron chi connectivity index (χ4n) is 0.865. The van der Waals surface area contributed by atoms with E-state index in [0.29, 0.717) is 5.88 Å². The Hall–Kier alpha value is -1.12. The molecular formula is C6H5N2O. The summed E-state index contributed by atoms with van der Waals surface area (Å²) in [5.74, 6) is 0.675. The Morgan fingerprint density at radius 2 is 2.67 bits per heavy atom. The van der Waals surface area contributed by atoms with E-state index in [1.54, 1.807) is 0 Å². The van der Waals surface area contributed by atoms with E-state index in [2.05, 4.69) is 16.4 Å². The van der Waals surface area contributed by atoms with E-state index >= 15 is 0 Å². The standard InChI is InChI=1S/C6H5N2O/c1-3-7-8-6-5(1)2-4-9-6/h1H,2,4H2. The van der Waals surface area contributed by atoms with Gasteiger partial charge in [-0.05, 0) is 6.07 Å². The van der Waals surface area contributed by atoms with Crippen LogP contribution in [0.15, 0.2) is 6.07 Å². The largest absolute Gasteiger partial charge is 0.476 e.